The van der Waals surface area contributed by atoms with Crippen LogP contribution in [0.4, 0.5) is 0 Å². The predicted octanol–water partition coefficient (Wildman–Crippen LogP) is 1.24. The van der Waals surface area contributed by atoms with Crippen molar-refractivity contribution in [3.8, 4) is 5.75 Å². The van der Waals surface area contributed by atoms with Crippen LogP contribution < -0.4 is 15.4 Å². The minimum atomic E-state index is -0.0107. The van der Waals surface area contributed by atoms with E-state index in [-0.39, 0.29) is 11.9 Å². The van der Waals surface area contributed by atoms with Gasteiger partial charge in [0.25, 0.3) is 0 Å². The molecule has 1 aromatic rings. The molecule has 0 spiro atoms. The van der Waals surface area contributed by atoms with Crippen molar-refractivity contribution < 1.29 is 9.53 Å². The monoisotopic (exact) mass is 248 g/mol. The maximum Gasteiger partial charge on any atom is 0.237 e. The van der Waals surface area contributed by atoms with Gasteiger partial charge in [0.05, 0.1) is 12.6 Å². The van der Waals surface area contributed by atoms with Crippen molar-refractivity contribution in [2.24, 2.45) is 0 Å². The maximum atomic E-state index is 11.7. The van der Waals surface area contributed by atoms with E-state index in [4.69, 9.17) is 4.74 Å². The Labute approximate surface area is 108 Å². The molecule has 0 radical (unpaired) electrons. The zero-order valence-corrected chi connectivity index (χ0v) is 10.7. The molecule has 2 rings (SSSR count). The Balaban J connectivity index is 1.67. The summed E-state index contributed by atoms with van der Waals surface area (Å²) >= 11 is 0. The van der Waals surface area contributed by atoms with Gasteiger partial charge in [0.1, 0.15) is 12.4 Å². The van der Waals surface area contributed by atoms with Gasteiger partial charge < -0.3 is 15.4 Å². The first kappa shape index (κ1) is 12.9. The lowest BCUT2D eigenvalue weighted by atomic mass is 10.2. The second-order valence-electron chi connectivity index (χ2n) is 4.55. The fourth-order valence-corrected chi connectivity index (χ4v) is 2.09. The van der Waals surface area contributed by atoms with Crippen LogP contribution in [0.3, 0.4) is 0 Å². The molecule has 4 heteroatoms. The molecule has 1 fully saturated rings. The third-order valence-electron chi connectivity index (χ3n) is 3.13. The molecule has 0 saturated carbocycles. The number of ether oxygens (including phenoxy) is 1. The highest BCUT2D eigenvalue weighted by Gasteiger charge is 2.21. The summed E-state index contributed by atoms with van der Waals surface area (Å²) in [6, 6.07) is 7.87. The molecular formula is C14H20N2O2. The summed E-state index contributed by atoms with van der Waals surface area (Å²) in [4.78, 5) is 11.7. The van der Waals surface area contributed by atoms with Crippen molar-refractivity contribution in [3.63, 3.8) is 0 Å². The molecule has 1 heterocycles. The van der Waals surface area contributed by atoms with E-state index in [0.29, 0.717) is 13.2 Å². The summed E-state index contributed by atoms with van der Waals surface area (Å²) in [5, 5.41) is 6.06. The summed E-state index contributed by atoms with van der Waals surface area (Å²) in [6.45, 7) is 4.00. The molecule has 1 atom stereocenters. The first-order chi connectivity index (χ1) is 8.77. The highest BCUT2D eigenvalue weighted by atomic mass is 16.5. The number of rotatable bonds is 5. The number of para-hydroxylation sites is 1. The summed E-state index contributed by atoms with van der Waals surface area (Å²) in [7, 11) is 0. The van der Waals surface area contributed by atoms with Crippen LogP contribution in [0.2, 0.25) is 0 Å². The van der Waals surface area contributed by atoms with Crippen LogP contribution in [0.25, 0.3) is 0 Å². The van der Waals surface area contributed by atoms with Gasteiger partial charge in [-0.2, -0.15) is 0 Å². The Hall–Kier alpha value is -1.55. The lowest BCUT2D eigenvalue weighted by Gasteiger charge is -2.12. The van der Waals surface area contributed by atoms with Crippen LogP contribution in [0, 0.1) is 6.92 Å². The summed E-state index contributed by atoms with van der Waals surface area (Å²) in [6.07, 6.45) is 2.02. The number of carbonyl (C=O) groups is 1. The molecule has 4 nitrogen and oxygen atoms in total. The van der Waals surface area contributed by atoms with Crippen molar-refractivity contribution in [3.05, 3.63) is 29.8 Å². The molecule has 0 aromatic heterocycles. The standard InChI is InChI=1S/C14H20N2O2/c1-11-5-2-3-7-13(11)18-10-9-16-14(17)12-6-4-8-15-12/h2-3,5,7,12,15H,4,6,8-10H2,1H3,(H,16,17). The molecule has 2 N–H and O–H groups in total. The number of aryl methyl sites for hydroxylation is 1. The number of hydrogen-bond acceptors (Lipinski definition) is 3. The summed E-state index contributed by atoms with van der Waals surface area (Å²) in [5.74, 6) is 0.964. The van der Waals surface area contributed by atoms with E-state index < -0.39 is 0 Å². The molecule has 0 bridgehead atoms. The topological polar surface area (TPSA) is 50.4 Å². The minimum Gasteiger partial charge on any atom is -0.491 e. The van der Waals surface area contributed by atoms with Gasteiger partial charge in [-0.05, 0) is 37.9 Å². The Bertz CT molecular complexity index is 401. The van der Waals surface area contributed by atoms with Gasteiger partial charge in [-0.1, -0.05) is 18.2 Å². The van der Waals surface area contributed by atoms with Gasteiger partial charge >= 0.3 is 0 Å². The molecule has 1 aliphatic heterocycles. The second kappa shape index (κ2) is 6.40. The van der Waals surface area contributed by atoms with E-state index in [1.807, 2.05) is 31.2 Å². The second-order valence-corrected chi connectivity index (χ2v) is 4.55. The van der Waals surface area contributed by atoms with Crippen LogP contribution in [0.15, 0.2) is 24.3 Å². The number of amides is 1. The van der Waals surface area contributed by atoms with Gasteiger partial charge in [-0.15, -0.1) is 0 Å². The minimum absolute atomic E-state index is 0.0107. The molecule has 1 unspecified atom stereocenters. The maximum absolute atomic E-state index is 11.7. The number of hydrogen-bond donors (Lipinski definition) is 2. The Morgan fingerprint density at radius 2 is 2.33 bits per heavy atom. The molecule has 1 saturated heterocycles. The van der Waals surface area contributed by atoms with E-state index in [9.17, 15) is 4.79 Å². The van der Waals surface area contributed by atoms with Crippen LogP contribution in [-0.2, 0) is 4.79 Å². The molecule has 18 heavy (non-hydrogen) atoms. The Kier molecular flexibility index (Phi) is 4.59. The van der Waals surface area contributed by atoms with Crippen molar-refractivity contribution in [1.82, 2.24) is 10.6 Å². The molecule has 1 aromatic carbocycles. The number of benzene rings is 1. The van der Waals surface area contributed by atoms with Gasteiger partial charge in [-0.3, -0.25) is 4.79 Å². The quantitative estimate of drug-likeness (QED) is 0.771. The zero-order valence-electron chi connectivity index (χ0n) is 10.7. The Morgan fingerprint density at radius 1 is 1.50 bits per heavy atom. The third kappa shape index (κ3) is 3.47. The van der Waals surface area contributed by atoms with Crippen molar-refractivity contribution in [1.29, 1.82) is 0 Å². The largest absolute Gasteiger partial charge is 0.491 e. The van der Waals surface area contributed by atoms with Crippen molar-refractivity contribution in [2.45, 2.75) is 25.8 Å². The predicted molar refractivity (Wildman–Crippen MR) is 70.7 cm³/mol. The normalized spacial score (nSPS) is 18.6. The lowest BCUT2D eigenvalue weighted by Crippen LogP contribution is -2.41. The van der Waals surface area contributed by atoms with Gasteiger partial charge in [0.15, 0.2) is 0 Å². The molecule has 1 aliphatic rings. The average molecular weight is 248 g/mol. The van der Waals surface area contributed by atoms with Crippen LogP contribution in [0.1, 0.15) is 18.4 Å². The van der Waals surface area contributed by atoms with Crippen molar-refractivity contribution in [2.75, 3.05) is 19.7 Å². The van der Waals surface area contributed by atoms with Crippen LogP contribution in [0.5, 0.6) is 5.75 Å². The molecular weight excluding hydrogens is 228 g/mol. The fourth-order valence-electron chi connectivity index (χ4n) is 2.09. The van der Waals surface area contributed by atoms with Gasteiger partial charge in [0, 0.05) is 0 Å². The first-order valence-corrected chi connectivity index (χ1v) is 6.47. The van der Waals surface area contributed by atoms with Crippen LogP contribution in [-0.4, -0.2) is 31.6 Å². The molecule has 98 valence electrons. The zero-order chi connectivity index (χ0) is 12.8. The smallest absolute Gasteiger partial charge is 0.237 e. The fraction of sp³-hybridized carbons (Fsp3) is 0.500. The van der Waals surface area contributed by atoms with E-state index in [1.54, 1.807) is 0 Å². The van der Waals surface area contributed by atoms with E-state index in [0.717, 1.165) is 30.7 Å². The first-order valence-electron chi connectivity index (χ1n) is 6.47. The Morgan fingerprint density at radius 3 is 3.06 bits per heavy atom. The summed E-state index contributed by atoms with van der Waals surface area (Å²) in [5.41, 5.74) is 1.11. The SMILES string of the molecule is Cc1ccccc1OCCNC(=O)C1CCCN1. The molecule has 0 aliphatic carbocycles. The highest BCUT2D eigenvalue weighted by molar-refractivity contribution is 5.81. The van der Waals surface area contributed by atoms with Gasteiger partial charge in [-0.25, -0.2) is 0 Å². The average Bonchev–Trinajstić information content (AvgIpc) is 2.90. The number of carbonyl (C=O) groups excluding carboxylic acids is 1. The van der Waals surface area contributed by atoms with Crippen LogP contribution >= 0.6 is 0 Å². The molecule has 1 amide bonds. The van der Waals surface area contributed by atoms with E-state index >= 15 is 0 Å². The number of nitrogens with one attached hydrogen (secondary N) is 2. The highest BCUT2D eigenvalue weighted by Crippen LogP contribution is 2.15. The van der Waals surface area contributed by atoms with E-state index in [1.165, 1.54) is 0 Å². The van der Waals surface area contributed by atoms with Crippen molar-refractivity contribution >= 4 is 5.91 Å². The lowest BCUT2D eigenvalue weighted by molar-refractivity contribution is -0.122. The third-order valence-corrected chi connectivity index (χ3v) is 3.13. The summed E-state index contributed by atoms with van der Waals surface area (Å²) < 4.78 is 5.61. The van der Waals surface area contributed by atoms with Gasteiger partial charge in [0.2, 0.25) is 5.91 Å². The van der Waals surface area contributed by atoms with E-state index in [2.05, 4.69) is 10.6 Å².